The number of aliphatic hydroxyl groups excluding tert-OH is 1. The fourth-order valence-corrected chi connectivity index (χ4v) is 4.79. The van der Waals surface area contributed by atoms with Crippen LogP contribution in [0.2, 0.25) is 0 Å². The lowest BCUT2D eigenvalue weighted by Crippen LogP contribution is -2.28. The first kappa shape index (κ1) is 23.1. The van der Waals surface area contributed by atoms with E-state index in [-0.39, 0.29) is 24.9 Å². The zero-order valence-electron chi connectivity index (χ0n) is 19.5. The van der Waals surface area contributed by atoms with E-state index in [0.717, 1.165) is 17.5 Å². The van der Waals surface area contributed by atoms with Crippen LogP contribution < -0.4 is 0 Å². The fourth-order valence-electron chi connectivity index (χ4n) is 4.79. The molecule has 3 aromatic carbocycles. The smallest absolute Gasteiger partial charge is 0.373 e. The molecule has 2 aliphatic rings. The van der Waals surface area contributed by atoms with Crippen molar-refractivity contribution in [3.63, 3.8) is 0 Å². The van der Waals surface area contributed by atoms with Crippen molar-refractivity contribution >= 4 is 5.97 Å². The van der Waals surface area contributed by atoms with Crippen molar-refractivity contribution in [3.8, 4) is 11.1 Å². The minimum Gasteiger partial charge on any atom is -0.458 e. The second-order valence-electron chi connectivity index (χ2n) is 8.80. The number of carbonyl (C=O) groups excluding carboxylic acids is 1. The lowest BCUT2D eigenvalue weighted by atomic mass is 9.87. The fraction of sp³-hybridized carbons (Fsp3) is 0.233. The summed E-state index contributed by atoms with van der Waals surface area (Å²) in [6.45, 7) is 4.06. The van der Waals surface area contributed by atoms with Crippen LogP contribution in [-0.4, -0.2) is 24.0 Å². The van der Waals surface area contributed by atoms with Gasteiger partial charge in [0.2, 0.25) is 12.0 Å². The molecule has 0 saturated carbocycles. The minimum atomic E-state index is -0.603. The first-order valence-corrected chi connectivity index (χ1v) is 11.8. The standard InChI is InChI=1S/C30H28O5/c1-2-14-33-30(32)28-16-23(17-29(35-28)34-19-21-12-10-20(18-31)11-13-21)25-8-5-9-26-24-7-4-3-6-22(24)15-27(25)26/h2-13,16,23,29,31H,1,14-15,17-19H2. The maximum atomic E-state index is 12.7. The first-order chi connectivity index (χ1) is 17.2. The van der Waals surface area contributed by atoms with Gasteiger partial charge in [-0.1, -0.05) is 79.4 Å². The van der Waals surface area contributed by atoms with Crippen molar-refractivity contribution < 1.29 is 24.1 Å². The number of benzene rings is 3. The molecule has 0 bridgehead atoms. The maximum absolute atomic E-state index is 12.7. The molecule has 5 heteroatoms. The Morgan fingerprint density at radius 3 is 2.60 bits per heavy atom. The summed E-state index contributed by atoms with van der Waals surface area (Å²) in [6, 6.07) is 22.4. The van der Waals surface area contributed by atoms with Gasteiger partial charge in [-0.15, -0.1) is 0 Å². The number of allylic oxidation sites excluding steroid dienone is 1. The first-order valence-electron chi connectivity index (χ1n) is 11.8. The molecule has 1 aliphatic heterocycles. The van der Waals surface area contributed by atoms with Crippen molar-refractivity contribution in [1.29, 1.82) is 0 Å². The molecule has 0 radical (unpaired) electrons. The third kappa shape index (κ3) is 4.92. The molecule has 3 aromatic rings. The molecular formula is C30H28O5. The summed E-state index contributed by atoms with van der Waals surface area (Å²) < 4.78 is 17.3. The number of rotatable bonds is 8. The number of ether oxygens (including phenoxy) is 3. The predicted octanol–water partition coefficient (Wildman–Crippen LogP) is 5.41. The highest BCUT2D eigenvalue weighted by Gasteiger charge is 2.32. The van der Waals surface area contributed by atoms with Crippen LogP contribution in [0.1, 0.15) is 40.2 Å². The number of carbonyl (C=O) groups is 1. The molecule has 0 amide bonds. The van der Waals surface area contributed by atoms with E-state index in [9.17, 15) is 9.90 Å². The number of aliphatic hydroxyl groups is 1. The van der Waals surface area contributed by atoms with E-state index in [4.69, 9.17) is 14.2 Å². The number of fused-ring (bicyclic) bond motifs is 3. The SMILES string of the molecule is C=CCOC(=O)C1=CC(c2cccc3c2Cc2ccccc2-3)CC(OCc2ccc(CO)cc2)O1. The van der Waals surface area contributed by atoms with Gasteiger partial charge in [-0.25, -0.2) is 4.79 Å². The average molecular weight is 469 g/mol. The van der Waals surface area contributed by atoms with Gasteiger partial charge in [0.15, 0.2) is 0 Å². The lowest BCUT2D eigenvalue weighted by Gasteiger charge is -2.30. The zero-order chi connectivity index (χ0) is 24.2. The molecule has 2 unspecified atom stereocenters. The van der Waals surface area contributed by atoms with E-state index in [0.29, 0.717) is 13.0 Å². The van der Waals surface area contributed by atoms with Crippen LogP contribution in [0.25, 0.3) is 11.1 Å². The van der Waals surface area contributed by atoms with Gasteiger partial charge in [0, 0.05) is 12.3 Å². The predicted molar refractivity (Wildman–Crippen MR) is 133 cm³/mol. The van der Waals surface area contributed by atoms with Crippen LogP contribution in [0.3, 0.4) is 0 Å². The highest BCUT2D eigenvalue weighted by atomic mass is 16.7. The van der Waals surface area contributed by atoms with Crippen LogP contribution in [0.4, 0.5) is 0 Å². The van der Waals surface area contributed by atoms with Crippen LogP contribution >= 0.6 is 0 Å². The molecule has 1 N–H and O–H groups in total. The average Bonchev–Trinajstić information content (AvgIpc) is 3.29. The topological polar surface area (TPSA) is 65.0 Å². The Morgan fingerprint density at radius 2 is 1.80 bits per heavy atom. The molecule has 0 aromatic heterocycles. The van der Waals surface area contributed by atoms with E-state index in [1.54, 1.807) is 0 Å². The molecule has 5 nitrogen and oxygen atoms in total. The van der Waals surface area contributed by atoms with Crippen molar-refractivity contribution in [2.24, 2.45) is 0 Å². The third-order valence-corrected chi connectivity index (χ3v) is 6.52. The number of esters is 1. The van der Waals surface area contributed by atoms with Crippen LogP contribution in [0.5, 0.6) is 0 Å². The molecule has 1 aliphatic carbocycles. The number of hydrogen-bond acceptors (Lipinski definition) is 5. The Labute approximate surface area is 205 Å². The lowest BCUT2D eigenvalue weighted by molar-refractivity contribution is -0.163. The summed E-state index contributed by atoms with van der Waals surface area (Å²) >= 11 is 0. The highest BCUT2D eigenvalue weighted by molar-refractivity contribution is 5.87. The summed E-state index contributed by atoms with van der Waals surface area (Å²) in [5.41, 5.74) is 8.10. The summed E-state index contributed by atoms with van der Waals surface area (Å²) in [7, 11) is 0. The van der Waals surface area contributed by atoms with Crippen LogP contribution in [-0.2, 0) is 38.6 Å². The van der Waals surface area contributed by atoms with Crippen molar-refractivity contribution in [1.82, 2.24) is 0 Å². The van der Waals surface area contributed by atoms with E-state index in [2.05, 4.69) is 49.0 Å². The molecule has 5 rings (SSSR count). The van der Waals surface area contributed by atoms with Gasteiger partial charge in [-0.05, 0) is 51.4 Å². The van der Waals surface area contributed by atoms with Crippen molar-refractivity contribution in [2.75, 3.05) is 6.61 Å². The molecule has 0 spiro atoms. The molecule has 1 heterocycles. The van der Waals surface area contributed by atoms with Gasteiger partial charge in [-0.2, -0.15) is 0 Å². The minimum absolute atomic E-state index is 0.000787. The van der Waals surface area contributed by atoms with E-state index in [1.807, 2.05) is 30.3 Å². The van der Waals surface area contributed by atoms with E-state index < -0.39 is 12.3 Å². The zero-order valence-corrected chi connectivity index (χ0v) is 19.5. The summed E-state index contributed by atoms with van der Waals surface area (Å²) in [5.74, 6) is -0.413. The largest absolute Gasteiger partial charge is 0.458 e. The van der Waals surface area contributed by atoms with Gasteiger partial charge >= 0.3 is 5.97 Å². The van der Waals surface area contributed by atoms with Gasteiger partial charge in [0.05, 0.1) is 13.2 Å². The number of hydrogen-bond donors (Lipinski definition) is 1. The van der Waals surface area contributed by atoms with E-state index >= 15 is 0 Å². The third-order valence-electron chi connectivity index (χ3n) is 6.52. The molecule has 35 heavy (non-hydrogen) atoms. The van der Waals surface area contributed by atoms with Gasteiger partial charge < -0.3 is 19.3 Å². The second-order valence-corrected chi connectivity index (χ2v) is 8.80. The van der Waals surface area contributed by atoms with Crippen LogP contribution in [0.15, 0.2) is 91.2 Å². The molecule has 178 valence electrons. The molecule has 0 fully saturated rings. The summed E-state index contributed by atoms with van der Waals surface area (Å²) in [5, 5.41) is 9.26. The van der Waals surface area contributed by atoms with Gasteiger partial charge in [0.1, 0.15) is 6.61 Å². The summed E-state index contributed by atoms with van der Waals surface area (Å²) in [6.07, 6.45) is 4.24. The summed E-state index contributed by atoms with van der Waals surface area (Å²) in [4.78, 5) is 12.7. The molecular weight excluding hydrogens is 440 g/mol. The van der Waals surface area contributed by atoms with Gasteiger partial charge in [-0.3, -0.25) is 0 Å². The highest BCUT2D eigenvalue weighted by Crippen LogP contribution is 2.43. The monoisotopic (exact) mass is 468 g/mol. The quantitative estimate of drug-likeness (QED) is 0.277. The Balaban J connectivity index is 1.41. The van der Waals surface area contributed by atoms with Crippen LogP contribution in [0, 0.1) is 0 Å². The Bertz CT molecular complexity index is 1260. The molecule has 2 atom stereocenters. The normalized spacial score (nSPS) is 18.1. The van der Waals surface area contributed by atoms with Crippen molar-refractivity contribution in [2.45, 2.75) is 38.3 Å². The Kier molecular flexibility index (Phi) is 6.80. The molecule has 0 saturated heterocycles. The van der Waals surface area contributed by atoms with E-state index in [1.165, 1.54) is 33.9 Å². The van der Waals surface area contributed by atoms with Crippen molar-refractivity contribution in [3.05, 3.63) is 119 Å². The second kappa shape index (κ2) is 10.3. The Hall–Kier alpha value is -3.67. The van der Waals surface area contributed by atoms with Gasteiger partial charge in [0.25, 0.3) is 0 Å². The Morgan fingerprint density at radius 1 is 1.03 bits per heavy atom. The maximum Gasteiger partial charge on any atom is 0.373 e.